The van der Waals surface area contributed by atoms with Crippen molar-refractivity contribution in [1.29, 1.82) is 0 Å². The summed E-state index contributed by atoms with van der Waals surface area (Å²) in [4.78, 5) is 11.3. The maximum atomic E-state index is 11.3. The molecule has 3 heteroatoms. The molecular formula is C11H23NO2. The molecule has 84 valence electrons. The quantitative estimate of drug-likeness (QED) is 0.711. The number of aliphatic hydroxyl groups excluding tert-OH is 1. The number of carbonyl (C=O) groups is 1. The minimum Gasteiger partial charge on any atom is -0.393 e. The Bertz CT molecular complexity index is 173. The van der Waals surface area contributed by atoms with Gasteiger partial charge in [0.05, 0.1) is 6.10 Å². The molecule has 0 spiro atoms. The maximum Gasteiger partial charge on any atom is 0.220 e. The van der Waals surface area contributed by atoms with Gasteiger partial charge in [-0.3, -0.25) is 4.79 Å². The van der Waals surface area contributed by atoms with Crippen LogP contribution in [-0.2, 0) is 4.79 Å². The molecular weight excluding hydrogens is 178 g/mol. The second-order valence-electron chi connectivity index (χ2n) is 4.94. The van der Waals surface area contributed by atoms with Crippen LogP contribution in [0.5, 0.6) is 0 Å². The third kappa shape index (κ3) is 8.05. The van der Waals surface area contributed by atoms with E-state index in [0.717, 1.165) is 6.42 Å². The van der Waals surface area contributed by atoms with Gasteiger partial charge in [0, 0.05) is 13.0 Å². The van der Waals surface area contributed by atoms with Gasteiger partial charge in [-0.05, 0) is 18.3 Å². The summed E-state index contributed by atoms with van der Waals surface area (Å²) in [6.45, 7) is 8.61. The van der Waals surface area contributed by atoms with E-state index >= 15 is 0 Å². The Morgan fingerprint density at radius 3 is 2.43 bits per heavy atom. The fourth-order valence-corrected chi connectivity index (χ4v) is 1.13. The predicted octanol–water partition coefficient (Wildman–Crippen LogP) is 1.70. The van der Waals surface area contributed by atoms with Crippen molar-refractivity contribution >= 4 is 5.91 Å². The Balaban J connectivity index is 3.55. The van der Waals surface area contributed by atoms with Gasteiger partial charge >= 0.3 is 0 Å². The summed E-state index contributed by atoms with van der Waals surface area (Å²) < 4.78 is 0. The zero-order chi connectivity index (χ0) is 11.2. The molecule has 1 unspecified atom stereocenters. The van der Waals surface area contributed by atoms with E-state index in [1.807, 2.05) is 27.7 Å². The van der Waals surface area contributed by atoms with Crippen LogP contribution in [0, 0.1) is 5.41 Å². The van der Waals surface area contributed by atoms with Gasteiger partial charge in [0.2, 0.25) is 5.91 Å². The summed E-state index contributed by atoms with van der Waals surface area (Å²) >= 11 is 0. The highest BCUT2D eigenvalue weighted by molar-refractivity contribution is 5.76. The van der Waals surface area contributed by atoms with Crippen molar-refractivity contribution in [3.63, 3.8) is 0 Å². The Kier molecular flexibility index (Phi) is 5.77. The van der Waals surface area contributed by atoms with E-state index in [1.54, 1.807) is 0 Å². The molecule has 2 N–H and O–H groups in total. The lowest BCUT2D eigenvalue weighted by Crippen LogP contribution is -2.30. The van der Waals surface area contributed by atoms with Crippen LogP contribution in [0.25, 0.3) is 0 Å². The van der Waals surface area contributed by atoms with Crippen LogP contribution >= 0.6 is 0 Å². The van der Waals surface area contributed by atoms with Gasteiger partial charge in [-0.2, -0.15) is 0 Å². The predicted molar refractivity (Wildman–Crippen MR) is 58.0 cm³/mol. The highest BCUT2D eigenvalue weighted by atomic mass is 16.3. The van der Waals surface area contributed by atoms with E-state index in [-0.39, 0.29) is 17.4 Å². The summed E-state index contributed by atoms with van der Waals surface area (Å²) in [5.74, 6) is 0.0702. The number of nitrogens with one attached hydrogen (secondary N) is 1. The average molecular weight is 201 g/mol. The summed E-state index contributed by atoms with van der Waals surface area (Å²) in [6.07, 6.45) is 1.64. The summed E-state index contributed by atoms with van der Waals surface area (Å²) in [7, 11) is 0. The highest BCUT2D eigenvalue weighted by Gasteiger charge is 2.15. The number of aliphatic hydroxyl groups is 1. The molecule has 0 aromatic rings. The standard InChI is InChI=1S/C11H23NO2/c1-5-9(13)6-7-12-10(14)8-11(2,3)4/h9,13H,5-8H2,1-4H3,(H,12,14). The molecule has 0 saturated carbocycles. The van der Waals surface area contributed by atoms with E-state index < -0.39 is 0 Å². The van der Waals surface area contributed by atoms with Crippen LogP contribution in [0.4, 0.5) is 0 Å². The first-order chi connectivity index (χ1) is 6.35. The van der Waals surface area contributed by atoms with Crippen LogP contribution in [0.3, 0.4) is 0 Å². The van der Waals surface area contributed by atoms with Crippen molar-refractivity contribution in [2.75, 3.05) is 6.54 Å². The lowest BCUT2D eigenvalue weighted by Gasteiger charge is -2.17. The Labute approximate surface area is 86.9 Å². The Morgan fingerprint density at radius 2 is 2.00 bits per heavy atom. The van der Waals surface area contributed by atoms with Crippen LogP contribution in [-0.4, -0.2) is 23.7 Å². The van der Waals surface area contributed by atoms with Gasteiger partial charge in [0.1, 0.15) is 0 Å². The number of carbonyl (C=O) groups excluding carboxylic acids is 1. The summed E-state index contributed by atoms with van der Waals surface area (Å²) in [5, 5.41) is 12.1. The van der Waals surface area contributed by atoms with E-state index in [0.29, 0.717) is 19.4 Å². The molecule has 0 fully saturated rings. The van der Waals surface area contributed by atoms with Crippen LogP contribution < -0.4 is 5.32 Å². The van der Waals surface area contributed by atoms with Crippen molar-refractivity contribution in [3.8, 4) is 0 Å². The first-order valence-corrected chi connectivity index (χ1v) is 5.30. The van der Waals surface area contributed by atoms with E-state index in [4.69, 9.17) is 0 Å². The fraction of sp³-hybridized carbons (Fsp3) is 0.909. The van der Waals surface area contributed by atoms with Crippen molar-refractivity contribution in [1.82, 2.24) is 5.32 Å². The third-order valence-electron chi connectivity index (χ3n) is 1.96. The lowest BCUT2D eigenvalue weighted by atomic mass is 9.92. The van der Waals surface area contributed by atoms with Gasteiger partial charge in [-0.15, -0.1) is 0 Å². The Hall–Kier alpha value is -0.570. The minimum atomic E-state index is -0.287. The number of amides is 1. The first-order valence-electron chi connectivity index (χ1n) is 5.30. The molecule has 0 aromatic heterocycles. The van der Waals surface area contributed by atoms with Gasteiger partial charge in [0.15, 0.2) is 0 Å². The Morgan fingerprint density at radius 1 is 1.43 bits per heavy atom. The van der Waals surface area contributed by atoms with Gasteiger partial charge in [0.25, 0.3) is 0 Å². The van der Waals surface area contributed by atoms with Crippen molar-refractivity contribution in [2.45, 2.75) is 53.1 Å². The topological polar surface area (TPSA) is 49.3 Å². The molecule has 0 aliphatic carbocycles. The zero-order valence-corrected chi connectivity index (χ0v) is 9.76. The van der Waals surface area contributed by atoms with Crippen LogP contribution in [0.1, 0.15) is 47.0 Å². The van der Waals surface area contributed by atoms with Crippen molar-refractivity contribution in [3.05, 3.63) is 0 Å². The minimum absolute atomic E-state index is 0.0352. The molecule has 0 aliphatic heterocycles. The van der Waals surface area contributed by atoms with E-state index in [1.165, 1.54) is 0 Å². The molecule has 14 heavy (non-hydrogen) atoms. The molecule has 0 radical (unpaired) electrons. The number of rotatable bonds is 5. The smallest absolute Gasteiger partial charge is 0.220 e. The molecule has 0 rings (SSSR count). The molecule has 0 aliphatic rings. The molecule has 0 saturated heterocycles. The second kappa shape index (κ2) is 6.02. The third-order valence-corrected chi connectivity index (χ3v) is 1.96. The zero-order valence-electron chi connectivity index (χ0n) is 9.76. The van der Waals surface area contributed by atoms with Gasteiger partial charge < -0.3 is 10.4 Å². The molecule has 1 amide bonds. The van der Waals surface area contributed by atoms with Crippen molar-refractivity contribution in [2.24, 2.45) is 5.41 Å². The molecule has 0 heterocycles. The highest BCUT2D eigenvalue weighted by Crippen LogP contribution is 2.17. The second-order valence-corrected chi connectivity index (χ2v) is 4.94. The SMILES string of the molecule is CCC(O)CCNC(=O)CC(C)(C)C. The van der Waals surface area contributed by atoms with E-state index in [9.17, 15) is 9.90 Å². The molecule has 1 atom stereocenters. The first kappa shape index (κ1) is 13.4. The molecule has 0 bridgehead atoms. The van der Waals surface area contributed by atoms with Gasteiger partial charge in [-0.25, -0.2) is 0 Å². The monoisotopic (exact) mass is 201 g/mol. The lowest BCUT2D eigenvalue weighted by molar-refractivity contribution is -0.122. The maximum absolute atomic E-state index is 11.3. The normalized spacial score (nSPS) is 13.8. The van der Waals surface area contributed by atoms with Gasteiger partial charge in [-0.1, -0.05) is 27.7 Å². The fourth-order valence-electron chi connectivity index (χ4n) is 1.13. The number of hydrogen-bond donors (Lipinski definition) is 2. The summed E-state index contributed by atoms with van der Waals surface area (Å²) in [6, 6.07) is 0. The van der Waals surface area contributed by atoms with Crippen LogP contribution in [0.2, 0.25) is 0 Å². The van der Waals surface area contributed by atoms with E-state index in [2.05, 4.69) is 5.32 Å². The largest absolute Gasteiger partial charge is 0.393 e. The molecule has 3 nitrogen and oxygen atoms in total. The number of hydrogen-bond acceptors (Lipinski definition) is 2. The molecule has 0 aromatic carbocycles. The van der Waals surface area contributed by atoms with Crippen LogP contribution in [0.15, 0.2) is 0 Å². The summed E-state index contributed by atoms with van der Waals surface area (Å²) in [5.41, 5.74) is 0.0352. The van der Waals surface area contributed by atoms with Crippen molar-refractivity contribution < 1.29 is 9.90 Å². The average Bonchev–Trinajstić information content (AvgIpc) is 2.00.